The summed E-state index contributed by atoms with van der Waals surface area (Å²) in [4.78, 5) is 0. The predicted molar refractivity (Wildman–Crippen MR) is 47.9 cm³/mol. The van der Waals surface area contributed by atoms with Crippen LogP contribution in [0.15, 0.2) is 0 Å². The van der Waals surface area contributed by atoms with E-state index >= 15 is 0 Å². The molecule has 3 heteroatoms. The molecule has 2 N–H and O–H groups in total. The topological polar surface area (TPSA) is 33.3 Å². The summed E-state index contributed by atoms with van der Waals surface area (Å²) in [6, 6.07) is 0. The molecule has 0 spiro atoms. The maximum Gasteiger partial charge on any atom is 0.0667 e. The molecular weight excluding hydrogens is 140 g/mol. The lowest BCUT2D eigenvalue weighted by Crippen LogP contribution is -2.28. The predicted octanol–water partition coefficient (Wildman–Crippen LogP) is 0.220. The Morgan fingerprint density at radius 2 is 2.09 bits per heavy atom. The Hall–Kier alpha value is -0.120. The van der Waals surface area contributed by atoms with Gasteiger partial charge in [0.2, 0.25) is 0 Å². The molecule has 0 rings (SSSR count). The number of hydrogen-bond acceptors (Lipinski definition) is 3. The van der Waals surface area contributed by atoms with Gasteiger partial charge in [0, 0.05) is 13.7 Å². The summed E-state index contributed by atoms with van der Waals surface area (Å²) in [7, 11) is 3.71. The van der Waals surface area contributed by atoms with Crippen molar-refractivity contribution in [1.82, 2.24) is 10.6 Å². The summed E-state index contributed by atoms with van der Waals surface area (Å²) in [5.41, 5.74) is 0. The van der Waals surface area contributed by atoms with Crippen molar-refractivity contribution < 1.29 is 4.74 Å². The molecule has 3 nitrogen and oxygen atoms in total. The molecule has 68 valence electrons. The third-order valence-corrected chi connectivity index (χ3v) is 1.61. The quantitative estimate of drug-likeness (QED) is 0.523. The fourth-order valence-electron chi connectivity index (χ4n) is 0.779. The molecule has 0 heterocycles. The molecule has 0 aromatic carbocycles. The van der Waals surface area contributed by atoms with E-state index in [1.54, 1.807) is 7.11 Å². The van der Waals surface area contributed by atoms with Crippen molar-refractivity contribution in [2.75, 3.05) is 33.8 Å². The van der Waals surface area contributed by atoms with Gasteiger partial charge >= 0.3 is 0 Å². The first-order valence-corrected chi connectivity index (χ1v) is 4.19. The van der Waals surface area contributed by atoms with Crippen LogP contribution in [0.2, 0.25) is 0 Å². The lowest BCUT2D eigenvalue weighted by Gasteiger charge is -2.09. The van der Waals surface area contributed by atoms with Crippen LogP contribution >= 0.6 is 0 Å². The van der Waals surface area contributed by atoms with Crippen molar-refractivity contribution in [3.05, 3.63) is 0 Å². The minimum Gasteiger partial charge on any atom is -0.380 e. The number of ether oxygens (including phenoxy) is 1. The van der Waals surface area contributed by atoms with E-state index in [4.69, 9.17) is 4.74 Å². The average molecular weight is 160 g/mol. The van der Waals surface area contributed by atoms with Crippen LogP contribution in [0.5, 0.6) is 0 Å². The highest BCUT2D eigenvalue weighted by Gasteiger charge is 1.95. The van der Waals surface area contributed by atoms with Crippen molar-refractivity contribution in [2.24, 2.45) is 0 Å². The van der Waals surface area contributed by atoms with Crippen molar-refractivity contribution in [2.45, 2.75) is 19.4 Å². The van der Waals surface area contributed by atoms with Gasteiger partial charge in [0.25, 0.3) is 0 Å². The maximum atomic E-state index is 5.08. The molecule has 0 amide bonds. The van der Waals surface area contributed by atoms with Crippen molar-refractivity contribution >= 4 is 0 Å². The highest BCUT2D eigenvalue weighted by Crippen LogP contribution is 1.83. The summed E-state index contributed by atoms with van der Waals surface area (Å²) in [6.07, 6.45) is 1.50. The molecule has 0 saturated carbocycles. The summed E-state index contributed by atoms with van der Waals surface area (Å²) in [6.45, 7) is 5.15. The van der Waals surface area contributed by atoms with Crippen molar-refractivity contribution in [1.29, 1.82) is 0 Å². The summed E-state index contributed by atoms with van der Waals surface area (Å²) in [5, 5.41) is 6.40. The van der Waals surface area contributed by atoms with Gasteiger partial charge in [0.15, 0.2) is 0 Å². The van der Waals surface area contributed by atoms with E-state index in [-0.39, 0.29) is 0 Å². The van der Waals surface area contributed by atoms with Gasteiger partial charge < -0.3 is 15.4 Å². The van der Waals surface area contributed by atoms with Crippen LogP contribution in [0.25, 0.3) is 0 Å². The van der Waals surface area contributed by atoms with Gasteiger partial charge in [-0.3, -0.25) is 0 Å². The highest BCUT2D eigenvalue weighted by molar-refractivity contribution is 4.54. The Morgan fingerprint density at radius 3 is 2.64 bits per heavy atom. The summed E-state index contributed by atoms with van der Waals surface area (Å²) >= 11 is 0. The zero-order chi connectivity index (χ0) is 8.53. The third kappa shape index (κ3) is 7.78. The van der Waals surface area contributed by atoms with Gasteiger partial charge in [-0.1, -0.05) is 0 Å². The van der Waals surface area contributed by atoms with Crippen molar-refractivity contribution in [3.63, 3.8) is 0 Å². The van der Waals surface area contributed by atoms with Crippen LogP contribution in [0.1, 0.15) is 13.3 Å². The van der Waals surface area contributed by atoms with E-state index in [0.29, 0.717) is 6.10 Å². The molecule has 11 heavy (non-hydrogen) atoms. The average Bonchev–Trinajstić information content (AvgIpc) is 2.04. The second-order valence-electron chi connectivity index (χ2n) is 2.71. The first kappa shape index (κ1) is 10.9. The molecule has 0 aliphatic heterocycles. The standard InChI is InChI=1S/C8H20N2O/c1-8(11-3)7-10-6-4-5-9-2/h8-10H,4-7H2,1-3H3. The molecule has 1 atom stereocenters. The van der Waals surface area contributed by atoms with E-state index in [2.05, 4.69) is 17.6 Å². The first-order valence-electron chi connectivity index (χ1n) is 4.19. The molecule has 0 radical (unpaired) electrons. The second-order valence-corrected chi connectivity index (χ2v) is 2.71. The Bertz CT molecular complexity index is 78.5. The fraction of sp³-hybridized carbons (Fsp3) is 1.00. The third-order valence-electron chi connectivity index (χ3n) is 1.61. The lowest BCUT2D eigenvalue weighted by molar-refractivity contribution is 0.117. The van der Waals surface area contributed by atoms with Crippen LogP contribution in [0, 0.1) is 0 Å². The number of hydrogen-bond donors (Lipinski definition) is 2. The van der Waals surface area contributed by atoms with Crippen LogP contribution in [0.3, 0.4) is 0 Å². The number of rotatable bonds is 7. The Kier molecular flexibility index (Phi) is 7.89. The van der Waals surface area contributed by atoms with E-state index in [0.717, 1.165) is 19.6 Å². The Balaban J connectivity index is 2.89. The molecule has 1 unspecified atom stereocenters. The van der Waals surface area contributed by atoms with Crippen LogP contribution in [-0.2, 0) is 4.74 Å². The molecule has 0 bridgehead atoms. The van der Waals surface area contributed by atoms with Gasteiger partial charge in [0.05, 0.1) is 6.10 Å². The monoisotopic (exact) mass is 160 g/mol. The minimum atomic E-state index is 0.324. The van der Waals surface area contributed by atoms with E-state index in [1.807, 2.05) is 7.05 Å². The Labute approximate surface area is 69.5 Å². The second kappa shape index (κ2) is 7.98. The molecule has 0 aliphatic rings. The minimum absolute atomic E-state index is 0.324. The zero-order valence-electron chi connectivity index (χ0n) is 7.81. The van der Waals surface area contributed by atoms with Crippen LogP contribution in [0.4, 0.5) is 0 Å². The van der Waals surface area contributed by atoms with Crippen LogP contribution in [-0.4, -0.2) is 39.9 Å². The summed E-state index contributed by atoms with van der Waals surface area (Å²) in [5.74, 6) is 0. The van der Waals surface area contributed by atoms with E-state index < -0.39 is 0 Å². The smallest absolute Gasteiger partial charge is 0.0667 e. The maximum absolute atomic E-state index is 5.08. The molecular formula is C8H20N2O. The largest absolute Gasteiger partial charge is 0.380 e. The molecule has 0 saturated heterocycles. The fourth-order valence-corrected chi connectivity index (χ4v) is 0.779. The van der Waals surface area contributed by atoms with E-state index in [1.165, 1.54) is 6.42 Å². The first-order chi connectivity index (χ1) is 5.31. The highest BCUT2D eigenvalue weighted by atomic mass is 16.5. The van der Waals surface area contributed by atoms with Gasteiger partial charge in [-0.2, -0.15) is 0 Å². The Morgan fingerprint density at radius 1 is 1.36 bits per heavy atom. The van der Waals surface area contributed by atoms with Gasteiger partial charge in [-0.25, -0.2) is 0 Å². The van der Waals surface area contributed by atoms with Gasteiger partial charge in [-0.15, -0.1) is 0 Å². The molecule has 0 fully saturated rings. The SMILES string of the molecule is CNCCCNCC(C)OC. The lowest BCUT2D eigenvalue weighted by atomic mass is 10.3. The van der Waals surface area contributed by atoms with Crippen molar-refractivity contribution in [3.8, 4) is 0 Å². The number of nitrogens with one attached hydrogen (secondary N) is 2. The normalized spacial score (nSPS) is 13.4. The van der Waals surface area contributed by atoms with Gasteiger partial charge in [0.1, 0.15) is 0 Å². The molecule has 0 aromatic rings. The van der Waals surface area contributed by atoms with Gasteiger partial charge in [-0.05, 0) is 33.5 Å². The molecule has 0 aliphatic carbocycles. The molecule has 0 aromatic heterocycles. The zero-order valence-corrected chi connectivity index (χ0v) is 7.81. The number of methoxy groups -OCH3 is 1. The summed E-state index contributed by atoms with van der Waals surface area (Å²) < 4.78 is 5.08. The van der Waals surface area contributed by atoms with Crippen LogP contribution < -0.4 is 10.6 Å². The van der Waals surface area contributed by atoms with E-state index in [9.17, 15) is 0 Å².